The van der Waals surface area contributed by atoms with Gasteiger partial charge in [-0.3, -0.25) is 9.59 Å². The van der Waals surface area contributed by atoms with Gasteiger partial charge in [0.25, 0.3) is 0 Å². The van der Waals surface area contributed by atoms with Gasteiger partial charge in [-0.1, -0.05) is 26.7 Å². The molecule has 1 fully saturated rings. The minimum absolute atomic E-state index is 0.0169. The number of Topliss-reactive ketones (excluding diaryl/α,β-unsaturated/α-hetero) is 1. The van der Waals surface area contributed by atoms with Crippen molar-refractivity contribution in [2.45, 2.75) is 77.2 Å². The van der Waals surface area contributed by atoms with Crippen LogP contribution in [0.4, 0.5) is 4.39 Å². The van der Waals surface area contributed by atoms with Gasteiger partial charge >= 0.3 is 0 Å². The predicted molar refractivity (Wildman–Crippen MR) is 160 cm³/mol. The molecule has 3 aromatic rings. The second-order valence-corrected chi connectivity index (χ2v) is 11.7. The van der Waals surface area contributed by atoms with Crippen LogP contribution in [0.25, 0.3) is 0 Å². The van der Waals surface area contributed by atoms with E-state index in [1.165, 1.54) is 12.1 Å². The first-order valence-corrected chi connectivity index (χ1v) is 15.1. The number of benzene rings is 3. The molecule has 0 atom stereocenters. The number of nitrogens with zero attached hydrogens (tertiary/aromatic N) is 1. The van der Waals surface area contributed by atoms with Crippen LogP contribution in [0.15, 0.2) is 60.7 Å². The van der Waals surface area contributed by atoms with E-state index in [0.29, 0.717) is 61.3 Å². The number of likely N-dealkylation sites (tertiary alicyclic amines) is 1. The van der Waals surface area contributed by atoms with E-state index >= 15 is 0 Å². The standard InChI is InChI=1S/C35H40FNO5/c1-3-24(4-2)23-35(40)14-16-37(17-15-35)34(39)20-25-18-30(41-28-10-8-27(36)9-11-28)22-31(19-25)42-29-12-13-32-26(21-29)6-5-7-33(32)38/h8-13,18-19,21-22,24,40H,3-7,14-17,20,23H2,1-2H3. The van der Waals surface area contributed by atoms with Crippen molar-refractivity contribution < 1.29 is 28.6 Å². The summed E-state index contributed by atoms with van der Waals surface area (Å²) < 4.78 is 25.7. The molecule has 0 unspecified atom stereocenters. The van der Waals surface area contributed by atoms with Gasteiger partial charge in [0.15, 0.2) is 5.78 Å². The summed E-state index contributed by atoms with van der Waals surface area (Å²) in [5, 5.41) is 11.1. The van der Waals surface area contributed by atoms with Crippen LogP contribution in [0.1, 0.15) is 80.3 Å². The van der Waals surface area contributed by atoms with E-state index in [2.05, 4.69) is 13.8 Å². The number of hydrogen-bond acceptors (Lipinski definition) is 5. The van der Waals surface area contributed by atoms with Crippen LogP contribution in [0.5, 0.6) is 23.0 Å². The number of rotatable bonds is 10. The lowest BCUT2D eigenvalue weighted by Gasteiger charge is -2.40. The van der Waals surface area contributed by atoms with Crippen LogP contribution < -0.4 is 9.47 Å². The van der Waals surface area contributed by atoms with Crippen molar-refractivity contribution in [1.29, 1.82) is 0 Å². The number of fused-ring (bicyclic) bond motifs is 1. The fraction of sp³-hybridized carbons (Fsp3) is 0.429. The van der Waals surface area contributed by atoms with Crippen molar-refractivity contribution in [2.75, 3.05) is 13.1 Å². The first kappa shape index (κ1) is 29.8. The van der Waals surface area contributed by atoms with Crippen LogP contribution in [-0.4, -0.2) is 40.4 Å². The molecule has 0 spiro atoms. The summed E-state index contributed by atoms with van der Waals surface area (Å²) in [6.45, 7) is 5.38. The summed E-state index contributed by atoms with van der Waals surface area (Å²) in [5.74, 6) is 2.31. The monoisotopic (exact) mass is 573 g/mol. The van der Waals surface area contributed by atoms with Gasteiger partial charge in [0, 0.05) is 31.1 Å². The Morgan fingerprint density at radius 3 is 2.21 bits per heavy atom. The number of piperidine rings is 1. The second-order valence-electron chi connectivity index (χ2n) is 11.7. The molecule has 0 radical (unpaired) electrons. The molecule has 1 amide bonds. The average Bonchev–Trinajstić information content (AvgIpc) is 2.97. The first-order chi connectivity index (χ1) is 20.2. The van der Waals surface area contributed by atoms with E-state index in [9.17, 15) is 19.1 Å². The Morgan fingerprint density at radius 2 is 1.55 bits per heavy atom. The van der Waals surface area contributed by atoms with E-state index in [-0.39, 0.29) is 23.9 Å². The van der Waals surface area contributed by atoms with Crippen molar-refractivity contribution in [3.8, 4) is 23.0 Å². The van der Waals surface area contributed by atoms with Crippen LogP contribution >= 0.6 is 0 Å². The fourth-order valence-electron chi connectivity index (χ4n) is 6.09. The summed E-state index contributed by atoms with van der Waals surface area (Å²) in [5.41, 5.74) is 1.74. The lowest BCUT2D eigenvalue weighted by atomic mass is 9.81. The third kappa shape index (κ3) is 7.37. The molecule has 1 aliphatic heterocycles. The summed E-state index contributed by atoms with van der Waals surface area (Å²) in [4.78, 5) is 27.5. The molecule has 1 saturated heterocycles. The zero-order valence-corrected chi connectivity index (χ0v) is 24.5. The predicted octanol–water partition coefficient (Wildman–Crippen LogP) is 7.65. The van der Waals surface area contributed by atoms with E-state index in [4.69, 9.17) is 9.47 Å². The Bertz CT molecular complexity index is 1410. The van der Waals surface area contributed by atoms with Crippen LogP contribution in [0, 0.1) is 11.7 Å². The molecule has 0 aromatic heterocycles. The smallest absolute Gasteiger partial charge is 0.226 e. The highest BCUT2D eigenvalue weighted by molar-refractivity contribution is 5.98. The number of halogens is 1. The minimum Gasteiger partial charge on any atom is -0.457 e. The number of ether oxygens (including phenoxy) is 2. The van der Waals surface area contributed by atoms with E-state index in [1.807, 2.05) is 23.1 Å². The molecule has 6 nitrogen and oxygen atoms in total. The molecule has 0 bridgehead atoms. The summed E-state index contributed by atoms with van der Waals surface area (Å²) in [6, 6.07) is 16.6. The number of aliphatic hydroxyl groups is 1. The number of amides is 1. The number of carbonyl (C=O) groups is 2. The molecular formula is C35H40FNO5. The topological polar surface area (TPSA) is 76.1 Å². The van der Waals surface area contributed by atoms with Crippen molar-refractivity contribution in [3.63, 3.8) is 0 Å². The van der Waals surface area contributed by atoms with Gasteiger partial charge in [0.05, 0.1) is 12.0 Å². The van der Waals surface area contributed by atoms with Gasteiger partial charge in [-0.15, -0.1) is 0 Å². The normalized spacial score (nSPS) is 16.3. The summed E-state index contributed by atoms with van der Waals surface area (Å²) in [6.07, 6.45) is 6.42. The molecule has 7 heteroatoms. The summed E-state index contributed by atoms with van der Waals surface area (Å²) >= 11 is 0. The molecular weight excluding hydrogens is 533 g/mol. The SMILES string of the molecule is CCC(CC)CC1(O)CCN(C(=O)Cc2cc(Oc3ccc(F)cc3)cc(Oc3ccc4c(c3)CCCC4=O)c2)CC1. The van der Waals surface area contributed by atoms with Gasteiger partial charge in [0.2, 0.25) is 5.91 Å². The van der Waals surface area contributed by atoms with Gasteiger partial charge in [0.1, 0.15) is 28.8 Å². The van der Waals surface area contributed by atoms with Gasteiger partial charge < -0.3 is 19.5 Å². The van der Waals surface area contributed by atoms with Crippen LogP contribution in [-0.2, 0) is 17.6 Å². The van der Waals surface area contributed by atoms with Gasteiger partial charge in [-0.05, 0) is 104 Å². The third-order valence-corrected chi connectivity index (χ3v) is 8.68. The minimum atomic E-state index is -0.711. The largest absolute Gasteiger partial charge is 0.457 e. The zero-order valence-electron chi connectivity index (χ0n) is 24.5. The molecule has 0 saturated carbocycles. The maximum Gasteiger partial charge on any atom is 0.226 e. The first-order valence-electron chi connectivity index (χ1n) is 15.1. The van der Waals surface area contributed by atoms with Crippen LogP contribution in [0.3, 0.4) is 0 Å². The van der Waals surface area contributed by atoms with E-state index < -0.39 is 5.60 Å². The van der Waals surface area contributed by atoms with Gasteiger partial charge in [-0.25, -0.2) is 4.39 Å². The zero-order chi connectivity index (χ0) is 29.7. The highest BCUT2D eigenvalue weighted by atomic mass is 19.1. The van der Waals surface area contributed by atoms with Crippen molar-refractivity contribution in [3.05, 3.63) is 83.2 Å². The maximum absolute atomic E-state index is 13.5. The molecule has 1 N–H and O–H groups in total. The van der Waals surface area contributed by atoms with Crippen molar-refractivity contribution >= 4 is 11.7 Å². The lowest BCUT2D eigenvalue weighted by Crippen LogP contribution is -2.47. The molecule has 1 aliphatic carbocycles. The molecule has 5 rings (SSSR count). The molecule has 42 heavy (non-hydrogen) atoms. The van der Waals surface area contributed by atoms with E-state index in [1.54, 1.807) is 30.3 Å². The Hall–Kier alpha value is -3.71. The highest BCUT2D eigenvalue weighted by Crippen LogP contribution is 2.34. The Labute approximate surface area is 247 Å². The quantitative estimate of drug-likeness (QED) is 0.270. The number of carbonyl (C=O) groups excluding carboxylic acids is 2. The van der Waals surface area contributed by atoms with Crippen molar-refractivity contribution in [2.24, 2.45) is 5.92 Å². The molecule has 1 heterocycles. The summed E-state index contributed by atoms with van der Waals surface area (Å²) in [7, 11) is 0. The maximum atomic E-state index is 13.5. The average molecular weight is 574 g/mol. The van der Waals surface area contributed by atoms with Gasteiger partial charge in [-0.2, -0.15) is 0 Å². The Kier molecular flexibility index (Phi) is 9.27. The van der Waals surface area contributed by atoms with Crippen LogP contribution in [0.2, 0.25) is 0 Å². The lowest BCUT2D eigenvalue weighted by molar-refractivity contribution is -0.135. The fourth-order valence-corrected chi connectivity index (χ4v) is 6.09. The number of hydrogen-bond donors (Lipinski definition) is 1. The Balaban J connectivity index is 1.32. The van der Waals surface area contributed by atoms with Crippen molar-refractivity contribution in [1.82, 2.24) is 4.90 Å². The third-order valence-electron chi connectivity index (χ3n) is 8.68. The molecule has 222 valence electrons. The number of aryl methyl sites for hydroxylation is 1. The highest BCUT2D eigenvalue weighted by Gasteiger charge is 2.35. The van der Waals surface area contributed by atoms with E-state index in [0.717, 1.165) is 48.8 Å². The number of ketones is 1. The second kappa shape index (κ2) is 13.1. The molecule has 2 aliphatic rings. The Morgan fingerprint density at radius 1 is 0.905 bits per heavy atom. The molecule has 3 aromatic carbocycles.